The number of carbonyl (C=O) groups is 1. The zero-order chi connectivity index (χ0) is 20.6. The van der Waals surface area contributed by atoms with Crippen molar-refractivity contribution in [3.8, 4) is 11.5 Å². The van der Waals surface area contributed by atoms with E-state index in [0.717, 1.165) is 61.6 Å². The van der Waals surface area contributed by atoms with Crippen LogP contribution < -0.4 is 10.1 Å². The van der Waals surface area contributed by atoms with Gasteiger partial charge in [0.15, 0.2) is 0 Å². The number of likely N-dealkylation sites (tertiary alicyclic amines) is 1. The lowest BCUT2D eigenvalue weighted by Crippen LogP contribution is -2.27. The molecule has 30 heavy (non-hydrogen) atoms. The maximum atomic E-state index is 12.2. The second-order valence-electron chi connectivity index (χ2n) is 7.70. The molecule has 1 aliphatic rings. The Kier molecular flexibility index (Phi) is 6.65. The highest BCUT2D eigenvalue weighted by Crippen LogP contribution is 2.22. The number of nitrogens with one attached hydrogen (secondary N) is 1. The van der Waals surface area contributed by atoms with Crippen LogP contribution in [0.25, 0.3) is 0 Å². The summed E-state index contributed by atoms with van der Waals surface area (Å²) in [6, 6.07) is 26.3. The quantitative estimate of drug-likeness (QED) is 0.531. The second-order valence-corrected chi connectivity index (χ2v) is 7.70. The maximum absolute atomic E-state index is 12.2. The fourth-order valence-electron chi connectivity index (χ4n) is 3.71. The first-order chi connectivity index (χ1) is 14.8. The van der Waals surface area contributed by atoms with Crippen molar-refractivity contribution in [1.82, 2.24) is 4.90 Å². The summed E-state index contributed by atoms with van der Waals surface area (Å²) in [7, 11) is 0. The van der Waals surface area contributed by atoms with Gasteiger partial charge < -0.3 is 15.0 Å². The molecule has 0 bridgehead atoms. The summed E-state index contributed by atoms with van der Waals surface area (Å²) in [5, 5.41) is 3.46. The van der Waals surface area contributed by atoms with Gasteiger partial charge in [-0.3, -0.25) is 4.79 Å². The Hall–Kier alpha value is -3.27. The lowest BCUT2D eigenvalue weighted by atomic mass is 10.1. The first kappa shape index (κ1) is 20.0. The highest BCUT2D eigenvalue weighted by atomic mass is 16.5. The lowest BCUT2D eigenvalue weighted by Gasteiger charge is -2.15. The molecule has 0 spiro atoms. The molecule has 0 aromatic heterocycles. The molecule has 4 rings (SSSR count). The van der Waals surface area contributed by atoms with Crippen LogP contribution in [-0.2, 0) is 17.8 Å². The Balaban J connectivity index is 1.26. The van der Waals surface area contributed by atoms with Gasteiger partial charge in [-0.2, -0.15) is 0 Å². The van der Waals surface area contributed by atoms with Crippen LogP contribution in [0, 0.1) is 0 Å². The van der Waals surface area contributed by atoms with Gasteiger partial charge in [0.2, 0.25) is 5.91 Å². The number of nitrogens with zero attached hydrogens (tertiary/aromatic N) is 1. The molecule has 1 heterocycles. The summed E-state index contributed by atoms with van der Waals surface area (Å²) in [5.41, 5.74) is 3.43. The average molecular weight is 401 g/mol. The highest BCUT2D eigenvalue weighted by molar-refractivity contribution is 5.76. The van der Waals surface area contributed by atoms with Gasteiger partial charge in [0, 0.05) is 31.7 Å². The van der Waals surface area contributed by atoms with E-state index in [4.69, 9.17) is 4.74 Å². The number of ether oxygens (including phenoxy) is 1. The van der Waals surface area contributed by atoms with Crippen molar-refractivity contribution in [2.45, 2.75) is 32.2 Å². The van der Waals surface area contributed by atoms with Gasteiger partial charge in [-0.25, -0.2) is 0 Å². The van der Waals surface area contributed by atoms with E-state index in [2.05, 4.69) is 41.7 Å². The van der Waals surface area contributed by atoms with Gasteiger partial charge in [-0.05, 0) is 66.8 Å². The molecule has 1 aliphatic heterocycles. The van der Waals surface area contributed by atoms with E-state index in [-0.39, 0.29) is 5.91 Å². The molecule has 4 nitrogen and oxygen atoms in total. The summed E-state index contributed by atoms with van der Waals surface area (Å²) < 4.78 is 5.91. The van der Waals surface area contributed by atoms with E-state index in [0.29, 0.717) is 6.42 Å². The van der Waals surface area contributed by atoms with Crippen LogP contribution in [0.2, 0.25) is 0 Å². The fourth-order valence-corrected chi connectivity index (χ4v) is 3.71. The van der Waals surface area contributed by atoms with Crippen molar-refractivity contribution in [3.05, 3.63) is 90.0 Å². The van der Waals surface area contributed by atoms with Crippen LogP contribution in [-0.4, -0.2) is 23.9 Å². The number of para-hydroxylation sites is 1. The third kappa shape index (κ3) is 5.63. The summed E-state index contributed by atoms with van der Waals surface area (Å²) in [4.78, 5) is 14.2. The molecule has 0 aliphatic carbocycles. The molecule has 1 amide bonds. The molecule has 0 saturated carbocycles. The Labute approximate surface area is 178 Å². The number of anilines is 1. The number of hydrogen-bond acceptors (Lipinski definition) is 3. The third-order valence-electron chi connectivity index (χ3n) is 5.41. The number of carbonyl (C=O) groups excluding carboxylic acids is 1. The zero-order valence-corrected chi connectivity index (χ0v) is 17.2. The summed E-state index contributed by atoms with van der Waals surface area (Å²) in [6.45, 7) is 2.58. The van der Waals surface area contributed by atoms with Gasteiger partial charge in [-0.15, -0.1) is 0 Å². The number of benzene rings is 3. The number of hydrogen-bond donors (Lipinski definition) is 1. The number of rotatable bonds is 8. The molecule has 0 unspecified atom stereocenters. The SMILES string of the molecule is O=C(CCc1ccc(NCc2cccc(Oc3ccccc3)c2)cc1)N1CCCC1. The van der Waals surface area contributed by atoms with Crippen molar-refractivity contribution in [2.75, 3.05) is 18.4 Å². The Morgan fingerprint density at radius 3 is 2.33 bits per heavy atom. The molecule has 1 saturated heterocycles. The molecule has 0 atom stereocenters. The summed E-state index contributed by atoms with van der Waals surface area (Å²) in [6.07, 6.45) is 3.69. The van der Waals surface area contributed by atoms with Gasteiger partial charge >= 0.3 is 0 Å². The van der Waals surface area contributed by atoms with Crippen LogP contribution in [0.3, 0.4) is 0 Å². The number of aryl methyl sites for hydroxylation is 1. The second kappa shape index (κ2) is 9.97. The van der Waals surface area contributed by atoms with Crippen molar-refractivity contribution in [3.63, 3.8) is 0 Å². The topological polar surface area (TPSA) is 41.6 Å². The van der Waals surface area contributed by atoms with Crippen LogP contribution in [0.15, 0.2) is 78.9 Å². The van der Waals surface area contributed by atoms with Crippen molar-refractivity contribution in [1.29, 1.82) is 0 Å². The average Bonchev–Trinajstić information content (AvgIpc) is 3.33. The van der Waals surface area contributed by atoms with E-state index in [1.165, 1.54) is 5.56 Å². The molecule has 0 radical (unpaired) electrons. The lowest BCUT2D eigenvalue weighted by molar-refractivity contribution is -0.130. The molecular weight excluding hydrogens is 372 g/mol. The van der Waals surface area contributed by atoms with Gasteiger partial charge in [0.1, 0.15) is 11.5 Å². The molecule has 1 fully saturated rings. The molecular formula is C26H28N2O2. The van der Waals surface area contributed by atoms with E-state index >= 15 is 0 Å². The summed E-state index contributed by atoms with van der Waals surface area (Å²) in [5.74, 6) is 1.95. The molecule has 3 aromatic rings. The Morgan fingerprint density at radius 1 is 0.833 bits per heavy atom. The fraction of sp³-hybridized carbons (Fsp3) is 0.269. The van der Waals surface area contributed by atoms with E-state index in [1.807, 2.05) is 47.4 Å². The molecule has 1 N–H and O–H groups in total. The molecule has 154 valence electrons. The van der Waals surface area contributed by atoms with Crippen LogP contribution in [0.4, 0.5) is 5.69 Å². The minimum Gasteiger partial charge on any atom is -0.457 e. The highest BCUT2D eigenvalue weighted by Gasteiger charge is 2.17. The normalized spacial score (nSPS) is 13.3. The molecule has 3 aromatic carbocycles. The van der Waals surface area contributed by atoms with Crippen molar-refractivity contribution < 1.29 is 9.53 Å². The van der Waals surface area contributed by atoms with Crippen molar-refractivity contribution in [2.24, 2.45) is 0 Å². The van der Waals surface area contributed by atoms with E-state index in [9.17, 15) is 4.79 Å². The zero-order valence-electron chi connectivity index (χ0n) is 17.2. The van der Waals surface area contributed by atoms with Crippen molar-refractivity contribution >= 4 is 11.6 Å². The monoisotopic (exact) mass is 400 g/mol. The predicted octanol–water partition coefficient (Wildman–Crippen LogP) is 5.65. The largest absolute Gasteiger partial charge is 0.457 e. The van der Waals surface area contributed by atoms with Crippen LogP contribution in [0.1, 0.15) is 30.4 Å². The van der Waals surface area contributed by atoms with Gasteiger partial charge in [0.25, 0.3) is 0 Å². The third-order valence-corrected chi connectivity index (χ3v) is 5.41. The van der Waals surface area contributed by atoms with E-state index in [1.54, 1.807) is 0 Å². The minimum atomic E-state index is 0.285. The maximum Gasteiger partial charge on any atom is 0.222 e. The summed E-state index contributed by atoms with van der Waals surface area (Å²) >= 11 is 0. The smallest absolute Gasteiger partial charge is 0.222 e. The minimum absolute atomic E-state index is 0.285. The van der Waals surface area contributed by atoms with Crippen LogP contribution in [0.5, 0.6) is 11.5 Å². The first-order valence-corrected chi connectivity index (χ1v) is 10.7. The first-order valence-electron chi connectivity index (χ1n) is 10.7. The number of amides is 1. The van der Waals surface area contributed by atoms with Crippen LogP contribution >= 0.6 is 0 Å². The van der Waals surface area contributed by atoms with E-state index < -0.39 is 0 Å². The standard InChI is InChI=1S/C26H28N2O2/c29-26(28-17-4-5-18-28)16-13-21-11-14-23(15-12-21)27-20-22-7-6-10-25(19-22)30-24-8-2-1-3-9-24/h1-3,6-12,14-15,19,27H,4-5,13,16-18,20H2. The van der Waals surface area contributed by atoms with Gasteiger partial charge in [-0.1, -0.05) is 42.5 Å². The Morgan fingerprint density at radius 2 is 1.57 bits per heavy atom. The van der Waals surface area contributed by atoms with Gasteiger partial charge in [0.05, 0.1) is 0 Å². The molecule has 4 heteroatoms. The Bertz CT molecular complexity index is 948. The predicted molar refractivity (Wildman–Crippen MR) is 121 cm³/mol.